The van der Waals surface area contributed by atoms with E-state index >= 15 is 0 Å². The summed E-state index contributed by atoms with van der Waals surface area (Å²) in [6.07, 6.45) is 1.43. The molecule has 0 aliphatic carbocycles. The molecule has 0 bridgehead atoms. The number of halogens is 3. The third kappa shape index (κ3) is 5.24. The second kappa shape index (κ2) is 9.47. The van der Waals surface area contributed by atoms with Crippen LogP contribution in [-0.2, 0) is 14.3 Å². The number of carbonyl (C=O) groups excluding carboxylic acids is 2. The number of anilines is 2. The number of aliphatic imine (C=N–C) groups is 1. The van der Waals surface area contributed by atoms with Crippen molar-refractivity contribution in [1.29, 1.82) is 0 Å². The Kier molecular flexibility index (Phi) is 6.47. The number of alkyl halides is 2. The highest BCUT2D eigenvalue weighted by molar-refractivity contribution is 7.14. The lowest BCUT2D eigenvalue weighted by Gasteiger charge is -2.18. The molecular weight excluding hydrogens is 476 g/mol. The highest BCUT2D eigenvalue weighted by Gasteiger charge is 2.25. The van der Waals surface area contributed by atoms with Gasteiger partial charge >= 0.3 is 12.6 Å². The maximum absolute atomic E-state index is 12.3. The molecule has 0 radical (unpaired) electrons. The number of cyclic esters (lactones) is 1. The van der Waals surface area contributed by atoms with Crippen molar-refractivity contribution in [2.24, 2.45) is 4.99 Å². The zero-order valence-electron chi connectivity index (χ0n) is 16.9. The van der Waals surface area contributed by atoms with Crippen LogP contribution >= 0.6 is 22.9 Å². The minimum Gasteiger partial charge on any atom is -0.435 e. The largest absolute Gasteiger partial charge is 0.435 e. The van der Waals surface area contributed by atoms with Gasteiger partial charge in [0.2, 0.25) is 11.8 Å². The zero-order chi connectivity index (χ0) is 23.5. The molecule has 4 rings (SSSR count). The van der Waals surface area contributed by atoms with Crippen LogP contribution in [0.3, 0.4) is 0 Å². The second-order valence-electron chi connectivity index (χ2n) is 6.63. The van der Waals surface area contributed by atoms with Crippen LogP contribution in [0.15, 0.2) is 64.6 Å². The van der Waals surface area contributed by atoms with Crippen LogP contribution in [0.2, 0.25) is 5.02 Å². The third-order valence-electron chi connectivity index (χ3n) is 4.31. The first-order valence-electron chi connectivity index (χ1n) is 9.40. The quantitative estimate of drug-likeness (QED) is 0.341. The summed E-state index contributed by atoms with van der Waals surface area (Å²) in [4.78, 5) is 34.5. The van der Waals surface area contributed by atoms with Gasteiger partial charge in [-0.25, -0.2) is 14.8 Å². The maximum Gasteiger partial charge on any atom is 0.387 e. The van der Waals surface area contributed by atoms with Gasteiger partial charge in [0.25, 0.3) is 0 Å². The summed E-state index contributed by atoms with van der Waals surface area (Å²) in [6.45, 7) is -1.53. The molecule has 3 aromatic rings. The number of thiazole rings is 1. The fourth-order valence-electron chi connectivity index (χ4n) is 2.94. The zero-order valence-corrected chi connectivity index (χ0v) is 18.4. The van der Waals surface area contributed by atoms with Crippen molar-refractivity contribution in [3.63, 3.8) is 0 Å². The number of amides is 1. The molecule has 168 valence electrons. The number of benzene rings is 2. The molecule has 0 unspecified atom stereocenters. The van der Waals surface area contributed by atoms with E-state index in [0.717, 1.165) is 0 Å². The Morgan fingerprint density at radius 3 is 2.67 bits per heavy atom. The minimum absolute atomic E-state index is 0.00638. The Morgan fingerprint density at radius 1 is 1.24 bits per heavy atom. The van der Waals surface area contributed by atoms with E-state index in [0.29, 0.717) is 27.1 Å². The predicted octanol–water partition coefficient (Wildman–Crippen LogP) is 5.43. The fraction of sp³-hybridized carbons (Fsp3) is 0.0909. The third-order valence-corrected chi connectivity index (χ3v) is 5.39. The van der Waals surface area contributed by atoms with Crippen molar-refractivity contribution >= 4 is 57.6 Å². The summed E-state index contributed by atoms with van der Waals surface area (Å²) in [7, 11) is 0. The van der Waals surface area contributed by atoms with Crippen molar-refractivity contribution in [3.8, 4) is 5.75 Å². The molecule has 33 heavy (non-hydrogen) atoms. The van der Waals surface area contributed by atoms with Crippen LogP contribution in [0.5, 0.6) is 5.75 Å². The van der Waals surface area contributed by atoms with Crippen molar-refractivity contribution in [3.05, 3.63) is 75.9 Å². The van der Waals surface area contributed by atoms with Crippen LogP contribution in [0.25, 0.3) is 6.08 Å². The van der Waals surface area contributed by atoms with Crippen LogP contribution in [0.4, 0.5) is 19.6 Å². The van der Waals surface area contributed by atoms with Crippen LogP contribution in [-0.4, -0.2) is 29.4 Å². The number of esters is 1. The Balaban J connectivity index is 1.57. The van der Waals surface area contributed by atoms with Gasteiger partial charge in [-0.15, -0.1) is 11.3 Å². The molecule has 1 amide bonds. The van der Waals surface area contributed by atoms with Gasteiger partial charge in [-0.05, 0) is 48.5 Å². The van der Waals surface area contributed by atoms with Crippen LogP contribution in [0.1, 0.15) is 18.2 Å². The molecule has 0 spiro atoms. The predicted molar refractivity (Wildman–Crippen MR) is 120 cm³/mol. The van der Waals surface area contributed by atoms with Crippen molar-refractivity contribution in [2.45, 2.75) is 13.5 Å². The highest BCUT2D eigenvalue weighted by Crippen LogP contribution is 2.31. The molecule has 0 N–H and O–H groups in total. The van der Waals surface area contributed by atoms with Gasteiger partial charge in [0, 0.05) is 22.9 Å². The molecule has 1 aliphatic rings. The van der Waals surface area contributed by atoms with Gasteiger partial charge < -0.3 is 9.47 Å². The molecule has 2 aromatic carbocycles. The van der Waals surface area contributed by atoms with Gasteiger partial charge in [-0.3, -0.25) is 9.69 Å². The number of hydrogen-bond donors (Lipinski definition) is 0. The molecule has 11 heteroatoms. The van der Waals surface area contributed by atoms with Crippen LogP contribution < -0.4 is 9.64 Å². The number of aromatic nitrogens is 1. The van der Waals surface area contributed by atoms with Crippen molar-refractivity contribution in [1.82, 2.24) is 4.98 Å². The Labute approximate surface area is 195 Å². The van der Waals surface area contributed by atoms with Gasteiger partial charge in [0.1, 0.15) is 5.75 Å². The average molecular weight is 490 g/mol. The van der Waals surface area contributed by atoms with Crippen molar-refractivity contribution in [2.75, 3.05) is 4.90 Å². The molecule has 1 aromatic heterocycles. The number of ether oxygens (including phenoxy) is 2. The second-order valence-corrected chi connectivity index (χ2v) is 7.90. The number of carbonyl (C=O) groups is 2. The summed E-state index contributed by atoms with van der Waals surface area (Å²) in [5.41, 5.74) is 1.38. The van der Waals surface area contributed by atoms with E-state index in [-0.39, 0.29) is 23.3 Å². The fourth-order valence-corrected chi connectivity index (χ4v) is 3.97. The smallest absolute Gasteiger partial charge is 0.387 e. The normalized spacial score (nSPS) is 14.4. The van der Waals surface area contributed by atoms with E-state index in [2.05, 4.69) is 14.7 Å². The van der Waals surface area contributed by atoms with Gasteiger partial charge in [0.15, 0.2) is 10.8 Å². The van der Waals surface area contributed by atoms with Gasteiger partial charge in [-0.2, -0.15) is 8.78 Å². The summed E-state index contributed by atoms with van der Waals surface area (Å²) >= 11 is 7.25. The van der Waals surface area contributed by atoms with E-state index < -0.39 is 12.6 Å². The average Bonchev–Trinajstić information content (AvgIpc) is 3.35. The lowest BCUT2D eigenvalue weighted by Crippen LogP contribution is -2.22. The standard InChI is InChI=1S/C22H14ClF2N3O4S/c1-12(29)28(16-4-2-3-14(23)9-16)22-26-15(11-33-22)10-18-20(30)32-19(27-18)13-5-7-17(8-6-13)31-21(24)25/h2-11,21H,1H3/b18-10-. The first kappa shape index (κ1) is 22.6. The van der Waals surface area contributed by atoms with Gasteiger partial charge in [-0.1, -0.05) is 17.7 Å². The van der Waals surface area contributed by atoms with E-state index in [1.165, 1.54) is 53.5 Å². The highest BCUT2D eigenvalue weighted by atomic mass is 35.5. The lowest BCUT2D eigenvalue weighted by molar-refractivity contribution is -0.130. The Hall–Kier alpha value is -3.63. The monoisotopic (exact) mass is 489 g/mol. The first-order valence-corrected chi connectivity index (χ1v) is 10.7. The van der Waals surface area contributed by atoms with E-state index in [1.54, 1.807) is 29.6 Å². The topological polar surface area (TPSA) is 81.1 Å². The lowest BCUT2D eigenvalue weighted by atomic mass is 10.2. The molecule has 2 heterocycles. The number of hydrogen-bond acceptors (Lipinski definition) is 7. The molecular formula is C22H14ClF2N3O4S. The van der Waals surface area contributed by atoms with Crippen LogP contribution in [0, 0.1) is 0 Å². The first-order chi connectivity index (χ1) is 15.8. The minimum atomic E-state index is -2.94. The Morgan fingerprint density at radius 2 is 2.00 bits per heavy atom. The van der Waals surface area contributed by atoms with Crippen molar-refractivity contribution < 1.29 is 27.8 Å². The molecule has 7 nitrogen and oxygen atoms in total. The number of nitrogens with zero attached hydrogens (tertiary/aromatic N) is 3. The summed E-state index contributed by atoms with van der Waals surface area (Å²) in [6, 6.07) is 12.3. The molecule has 0 fully saturated rings. The molecule has 1 aliphatic heterocycles. The number of rotatable bonds is 6. The Bertz CT molecular complexity index is 1270. The summed E-state index contributed by atoms with van der Waals surface area (Å²) in [5, 5.41) is 2.53. The SMILES string of the molecule is CC(=O)N(c1cccc(Cl)c1)c1nc(/C=C2\N=C(c3ccc(OC(F)F)cc3)OC2=O)cs1. The van der Waals surface area contributed by atoms with E-state index in [1.807, 2.05) is 0 Å². The summed E-state index contributed by atoms with van der Waals surface area (Å²) < 4.78 is 34.0. The van der Waals surface area contributed by atoms with E-state index in [9.17, 15) is 18.4 Å². The molecule has 0 atom stereocenters. The van der Waals surface area contributed by atoms with Gasteiger partial charge in [0.05, 0.1) is 11.4 Å². The molecule has 0 saturated heterocycles. The summed E-state index contributed by atoms with van der Waals surface area (Å²) in [5.74, 6) is -0.954. The van der Waals surface area contributed by atoms with E-state index in [4.69, 9.17) is 16.3 Å². The molecule has 0 saturated carbocycles. The maximum atomic E-state index is 12.3.